The summed E-state index contributed by atoms with van der Waals surface area (Å²) in [6.07, 6.45) is -4.51. The second-order valence-electron chi connectivity index (χ2n) is 6.22. The molecule has 29 heavy (non-hydrogen) atoms. The predicted molar refractivity (Wildman–Crippen MR) is 110 cm³/mol. The van der Waals surface area contributed by atoms with Gasteiger partial charge in [0.05, 0.1) is 40.7 Å². The van der Waals surface area contributed by atoms with Gasteiger partial charge in [0.15, 0.2) is 5.11 Å². The van der Waals surface area contributed by atoms with E-state index in [0.717, 1.165) is 12.1 Å². The third-order valence-corrected chi connectivity index (χ3v) is 4.80. The van der Waals surface area contributed by atoms with Crippen LogP contribution in [0.3, 0.4) is 0 Å². The molecule has 0 spiro atoms. The van der Waals surface area contributed by atoms with Gasteiger partial charge < -0.3 is 15.0 Å². The van der Waals surface area contributed by atoms with Gasteiger partial charge in [0.2, 0.25) is 0 Å². The topological polar surface area (TPSA) is 53.6 Å². The number of amides is 1. The molecule has 0 radical (unpaired) electrons. The summed E-state index contributed by atoms with van der Waals surface area (Å²) in [6.45, 7) is 1.99. The first kappa shape index (κ1) is 21.4. The van der Waals surface area contributed by atoms with E-state index >= 15 is 0 Å². The van der Waals surface area contributed by atoms with E-state index in [2.05, 4.69) is 10.6 Å². The van der Waals surface area contributed by atoms with Crippen LogP contribution in [0.5, 0.6) is 0 Å². The Balaban J connectivity index is 1.82. The molecule has 0 atom stereocenters. The van der Waals surface area contributed by atoms with Gasteiger partial charge in [-0.2, -0.15) is 13.2 Å². The van der Waals surface area contributed by atoms with Crippen LogP contribution >= 0.6 is 23.8 Å². The molecule has 0 unspecified atom stereocenters. The molecule has 3 rings (SSSR count). The van der Waals surface area contributed by atoms with E-state index < -0.39 is 17.6 Å². The fourth-order valence-corrected chi connectivity index (χ4v) is 3.29. The molecule has 0 saturated carbocycles. The standard InChI is InChI=1S/C19H17ClF3N3O2S/c20-14-4-2-1-3-13(14)17(27)25-18(29)24-15-11-12(19(21,22)23)5-6-16(15)26-7-9-28-10-8-26/h1-6,11H,7-10H2,(H2,24,25,27,29). The lowest BCUT2D eigenvalue weighted by atomic mass is 10.1. The molecule has 2 N–H and O–H groups in total. The predicted octanol–water partition coefficient (Wildman–Crippen LogP) is 4.32. The summed E-state index contributed by atoms with van der Waals surface area (Å²) in [5, 5.41) is 5.26. The maximum absolute atomic E-state index is 13.2. The van der Waals surface area contributed by atoms with Gasteiger partial charge in [-0.3, -0.25) is 10.1 Å². The Hall–Kier alpha value is -2.36. The number of benzene rings is 2. The van der Waals surface area contributed by atoms with Crippen LogP contribution in [0.4, 0.5) is 24.5 Å². The van der Waals surface area contributed by atoms with Crippen LogP contribution in [-0.2, 0) is 10.9 Å². The Bertz CT molecular complexity index is 918. The number of carbonyl (C=O) groups is 1. The smallest absolute Gasteiger partial charge is 0.378 e. The molecule has 10 heteroatoms. The third-order valence-electron chi connectivity index (χ3n) is 4.27. The number of hydrogen-bond donors (Lipinski definition) is 2. The number of morpholine rings is 1. The van der Waals surface area contributed by atoms with E-state index in [0.29, 0.717) is 32.0 Å². The lowest BCUT2D eigenvalue weighted by molar-refractivity contribution is -0.137. The van der Waals surface area contributed by atoms with Crippen LogP contribution in [0.1, 0.15) is 15.9 Å². The van der Waals surface area contributed by atoms with Crippen LogP contribution in [-0.4, -0.2) is 37.3 Å². The molecule has 1 saturated heterocycles. The van der Waals surface area contributed by atoms with Crippen LogP contribution in [0, 0.1) is 0 Å². The number of anilines is 2. The van der Waals surface area contributed by atoms with E-state index in [1.165, 1.54) is 12.1 Å². The molecule has 1 amide bonds. The summed E-state index contributed by atoms with van der Waals surface area (Å²) in [6, 6.07) is 9.75. The second-order valence-corrected chi connectivity index (χ2v) is 7.03. The largest absolute Gasteiger partial charge is 0.416 e. The van der Waals surface area contributed by atoms with Gasteiger partial charge in [-0.05, 0) is 42.5 Å². The highest BCUT2D eigenvalue weighted by atomic mass is 35.5. The molecule has 0 aromatic heterocycles. The molecule has 1 aliphatic rings. The van der Waals surface area contributed by atoms with Crippen LogP contribution in [0.2, 0.25) is 5.02 Å². The van der Waals surface area contributed by atoms with E-state index in [1.54, 1.807) is 18.2 Å². The number of nitrogens with zero attached hydrogens (tertiary/aromatic N) is 1. The number of alkyl halides is 3. The molecule has 5 nitrogen and oxygen atoms in total. The average Bonchev–Trinajstić information content (AvgIpc) is 2.68. The summed E-state index contributed by atoms with van der Waals surface area (Å²) in [5.74, 6) is -0.562. The first-order valence-electron chi connectivity index (χ1n) is 8.66. The molecule has 2 aromatic carbocycles. The van der Waals surface area contributed by atoms with Gasteiger partial charge in [-0.25, -0.2) is 0 Å². The van der Waals surface area contributed by atoms with E-state index in [-0.39, 0.29) is 21.4 Å². The molecular formula is C19H17ClF3N3O2S. The Morgan fingerprint density at radius 2 is 1.83 bits per heavy atom. The Kier molecular flexibility index (Phi) is 6.61. The average molecular weight is 444 g/mol. The van der Waals surface area contributed by atoms with E-state index in [4.69, 9.17) is 28.6 Å². The molecule has 1 aliphatic heterocycles. The first-order chi connectivity index (χ1) is 13.8. The molecule has 1 heterocycles. The fraction of sp³-hybridized carbons (Fsp3) is 0.263. The summed E-state index contributed by atoms with van der Waals surface area (Å²) >= 11 is 11.1. The Morgan fingerprint density at radius 3 is 2.48 bits per heavy atom. The molecule has 2 aromatic rings. The minimum atomic E-state index is -4.51. The van der Waals surface area contributed by atoms with Crippen LogP contribution in [0.25, 0.3) is 0 Å². The Morgan fingerprint density at radius 1 is 1.14 bits per heavy atom. The summed E-state index contributed by atoms with van der Waals surface area (Å²) in [4.78, 5) is 14.2. The number of nitrogens with one attached hydrogen (secondary N) is 2. The highest BCUT2D eigenvalue weighted by molar-refractivity contribution is 7.80. The summed E-state index contributed by atoms with van der Waals surface area (Å²) in [7, 11) is 0. The Labute approximate surface area is 175 Å². The zero-order valence-corrected chi connectivity index (χ0v) is 16.6. The third kappa shape index (κ3) is 5.37. The lowest BCUT2D eigenvalue weighted by Gasteiger charge is -2.31. The minimum absolute atomic E-state index is 0.135. The number of ether oxygens (including phenoxy) is 1. The van der Waals surface area contributed by atoms with E-state index in [9.17, 15) is 18.0 Å². The number of halogens is 4. The molecule has 1 fully saturated rings. The highest BCUT2D eigenvalue weighted by Gasteiger charge is 2.31. The molecule has 0 aliphatic carbocycles. The molecule has 154 valence electrons. The molecular weight excluding hydrogens is 427 g/mol. The van der Waals surface area contributed by atoms with Gasteiger partial charge in [-0.15, -0.1) is 0 Å². The van der Waals surface area contributed by atoms with Crippen molar-refractivity contribution < 1.29 is 22.7 Å². The van der Waals surface area contributed by atoms with Crippen molar-refractivity contribution in [2.24, 2.45) is 0 Å². The highest BCUT2D eigenvalue weighted by Crippen LogP contribution is 2.35. The van der Waals surface area contributed by atoms with Crippen molar-refractivity contribution >= 4 is 46.2 Å². The number of rotatable bonds is 3. The van der Waals surface area contributed by atoms with Crippen LogP contribution in [0.15, 0.2) is 42.5 Å². The van der Waals surface area contributed by atoms with Crippen LogP contribution < -0.4 is 15.5 Å². The number of carbonyl (C=O) groups excluding carboxylic acids is 1. The minimum Gasteiger partial charge on any atom is -0.378 e. The fourth-order valence-electron chi connectivity index (χ4n) is 2.86. The maximum atomic E-state index is 13.2. The second kappa shape index (κ2) is 8.98. The van der Waals surface area contributed by atoms with Gasteiger partial charge in [0, 0.05) is 13.1 Å². The summed E-state index contributed by atoms with van der Waals surface area (Å²) in [5.41, 5.74) is 0.0647. The monoisotopic (exact) mass is 443 g/mol. The van der Waals surface area contributed by atoms with Gasteiger partial charge in [0.1, 0.15) is 0 Å². The van der Waals surface area contributed by atoms with Crippen molar-refractivity contribution in [3.05, 3.63) is 58.6 Å². The molecule has 0 bridgehead atoms. The first-order valence-corrected chi connectivity index (χ1v) is 9.45. The summed E-state index contributed by atoms with van der Waals surface area (Å²) < 4.78 is 44.8. The zero-order chi connectivity index (χ0) is 21.0. The lowest BCUT2D eigenvalue weighted by Crippen LogP contribution is -2.38. The quantitative estimate of drug-likeness (QED) is 0.692. The number of thiocarbonyl (C=S) groups is 1. The van der Waals surface area contributed by atoms with Crippen molar-refractivity contribution in [1.29, 1.82) is 0 Å². The maximum Gasteiger partial charge on any atom is 0.416 e. The van der Waals surface area contributed by atoms with Crippen molar-refractivity contribution in [3.63, 3.8) is 0 Å². The van der Waals surface area contributed by atoms with Gasteiger partial charge in [-0.1, -0.05) is 23.7 Å². The van der Waals surface area contributed by atoms with Crippen molar-refractivity contribution in [3.8, 4) is 0 Å². The normalized spacial score (nSPS) is 14.4. The van der Waals surface area contributed by atoms with Crippen molar-refractivity contribution in [2.75, 3.05) is 36.5 Å². The zero-order valence-electron chi connectivity index (χ0n) is 15.1. The van der Waals surface area contributed by atoms with E-state index in [1.807, 2.05) is 4.90 Å². The number of hydrogen-bond acceptors (Lipinski definition) is 4. The van der Waals surface area contributed by atoms with Gasteiger partial charge in [0.25, 0.3) is 5.91 Å². The van der Waals surface area contributed by atoms with Crippen molar-refractivity contribution in [2.45, 2.75) is 6.18 Å². The van der Waals surface area contributed by atoms with Gasteiger partial charge >= 0.3 is 6.18 Å². The van der Waals surface area contributed by atoms with Crippen molar-refractivity contribution in [1.82, 2.24) is 5.32 Å². The SMILES string of the molecule is O=C(NC(=S)Nc1cc(C(F)(F)F)ccc1N1CCOCC1)c1ccccc1Cl.